The summed E-state index contributed by atoms with van der Waals surface area (Å²) in [6, 6.07) is 7.48. The lowest BCUT2D eigenvalue weighted by atomic mass is 9.72. The third-order valence-corrected chi connectivity index (χ3v) is 4.89. The van der Waals surface area contributed by atoms with Crippen LogP contribution in [0.25, 0.3) is 0 Å². The van der Waals surface area contributed by atoms with Gasteiger partial charge in [-0.15, -0.1) is 0 Å². The third kappa shape index (κ3) is 1.79. The molecular weight excluding hydrogens is 222 g/mol. The fraction of sp³-hybridized carbons (Fsp3) is 0.625. The van der Waals surface area contributed by atoms with E-state index < -0.39 is 0 Å². The second-order valence-corrected chi connectivity index (χ2v) is 5.85. The van der Waals surface area contributed by atoms with E-state index in [0.29, 0.717) is 11.5 Å². The molecule has 1 heterocycles. The van der Waals surface area contributed by atoms with Gasteiger partial charge in [-0.05, 0) is 54.3 Å². The molecule has 1 aliphatic carbocycles. The molecule has 0 saturated carbocycles. The zero-order valence-corrected chi connectivity index (χ0v) is 11.5. The van der Waals surface area contributed by atoms with Crippen LogP contribution in [0.15, 0.2) is 18.2 Å². The molecule has 3 rings (SSSR count). The first kappa shape index (κ1) is 12.2. The number of fused-ring (bicyclic) bond motifs is 3. The molecule has 0 radical (unpaired) electrons. The van der Waals surface area contributed by atoms with Crippen molar-refractivity contribution in [3.63, 3.8) is 0 Å². The van der Waals surface area contributed by atoms with Crippen molar-refractivity contribution in [3.8, 4) is 0 Å². The summed E-state index contributed by atoms with van der Waals surface area (Å²) in [5.74, 6) is 0. The Balaban J connectivity index is 1.97. The quantitative estimate of drug-likeness (QED) is 0.883. The van der Waals surface area contributed by atoms with E-state index >= 15 is 0 Å². The van der Waals surface area contributed by atoms with Gasteiger partial charge in [0.1, 0.15) is 0 Å². The minimum Gasteiger partial charge on any atom is -0.380 e. The molecular formula is C16H23NO. The normalized spacial score (nSPS) is 30.0. The van der Waals surface area contributed by atoms with E-state index in [-0.39, 0.29) is 0 Å². The smallest absolute Gasteiger partial charge is 0.0713 e. The first-order chi connectivity index (χ1) is 8.79. The molecule has 2 aliphatic rings. The lowest BCUT2D eigenvalue weighted by Gasteiger charge is -2.40. The second-order valence-electron chi connectivity index (χ2n) is 5.85. The average Bonchev–Trinajstić information content (AvgIpc) is 2.74. The van der Waals surface area contributed by atoms with Crippen molar-refractivity contribution >= 4 is 0 Å². The maximum absolute atomic E-state index is 5.25. The Morgan fingerprint density at radius 2 is 2.33 bits per heavy atom. The predicted molar refractivity (Wildman–Crippen MR) is 73.6 cm³/mol. The first-order valence-corrected chi connectivity index (χ1v) is 7.13. The number of ether oxygens (including phenoxy) is 1. The molecule has 1 aromatic rings. The number of nitrogens with one attached hydrogen (secondary N) is 1. The summed E-state index contributed by atoms with van der Waals surface area (Å²) in [6.07, 6.45) is 5.22. The molecule has 0 amide bonds. The fourth-order valence-corrected chi connectivity index (χ4v) is 3.89. The van der Waals surface area contributed by atoms with Crippen LogP contribution in [-0.2, 0) is 17.8 Å². The molecule has 1 aromatic carbocycles. The zero-order chi connectivity index (χ0) is 12.6. The van der Waals surface area contributed by atoms with Gasteiger partial charge in [-0.25, -0.2) is 0 Å². The van der Waals surface area contributed by atoms with Crippen molar-refractivity contribution in [1.29, 1.82) is 0 Å². The molecule has 0 unspecified atom stereocenters. The number of hydrogen-bond acceptors (Lipinski definition) is 2. The lowest BCUT2D eigenvalue weighted by Crippen LogP contribution is -2.40. The number of benzene rings is 1. The van der Waals surface area contributed by atoms with E-state index in [9.17, 15) is 0 Å². The topological polar surface area (TPSA) is 21.3 Å². The van der Waals surface area contributed by atoms with Crippen LogP contribution in [0.4, 0.5) is 0 Å². The number of methoxy groups -OCH3 is 1. The largest absolute Gasteiger partial charge is 0.380 e. The van der Waals surface area contributed by atoms with Crippen LogP contribution in [0.3, 0.4) is 0 Å². The summed E-state index contributed by atoms with van der Waals surface area (Å²) < 4.78 is 5.25. The molecule has 1 aliphatic heterocycles. The van der Waals surface area contributed by atoms with Crippen LogP contribution in [0.2, 0.25) is 0 Å². The van der Waals surface area contributed by atoms with Crippen molar-refractivity contribution in [2.24, 2.45) is 5.41 Å². The Morgan fingerprint density at radius 3 is 3.11 bits per heavy atom. The summed E-state index contributed by atoms with van der Waals surface area (Å²) in [5, 5.41) is 3.76. The van der Waals surface area contributed by atoms with Gasteiger partial charge in [0, 0.05) is 13.2 Å². The van der Waals surface area contributed by atoms with E-state index in [1.807, 2.05) is 0 Å². The molecule has 1 fully saturated rings. The molecule has 18 heavy (non-hydrogen) atoms. The minimum atomic E-state index is 0.478. The highest BCUT2D eigenvalue weighted by atomic mass is 16.5. The first-order valence-electron chi connectivity index (χ1n) is 7.13. The van der Waals surface area contributed by atoms with Gasteiger partial charge in [-0.1, -0.05) is 25.1 Å². The monoisotopic (exact) mass is 245 g/mol. The number of hydrogen-bond donors (Lipinski definition) is 1. The molecule has 98 valence electrons. The highest BCUT2D eigenvalue weighted by molar-refractivity contribution is 5.41. The van der Waals surface area contributed by atoms with Gasteiger partial charge >= 0.3 is 0 Å². The molecule has 2 heteroatoms. The van der Waals surface area contributed by atoms with Crippen LogP contribution in [0.1, 0.15) is 48.9 Å². The van der Waals surface area contributed by atoms with Crippen molar-refractivity contribution in [1.82, 2.24) is 5.32 Å². The van der Waals surface area contributed by atoms with Gasteiger partial charge < -0.3 is 10.1 Å². The zero-order valence-electron chi connectivity index (χ0n) is 11.5. The molecule has 1 saturated heterocycles. The van der Waals surface area contributed by atoms with Gasteiger partial charge in [0.05, 0.1) is 6.61 Å². The van der Waals surface area contributed by atoms with Crippen LogP contribution in [0.5, 0.6) is 0 Å². The van der Waals surface area contributed by atoms with E-state index in [1.165, 1.54) is 43.4 Å². The number of rotatable bonds is 3. The van der Waals surface area contributed by atoms with Crippen LogP contribution >= 0.6 is 0 Å². The Labute approximate surface area is 110 Å². The van der Waals surface area contributed by atoms with E-state index in [1.54, 1.807) is 12.7 Å². The van der Waals surface area contributed by atoms with E-state index in [0.717, 1.165) is 6.61 Å². The molecule has 0 bridgehead atoms. The van der Waals surface area contributed by atoms with Crippen LogP contribution in [0, 0.1) is 5.41 Å². The third-order valence-electron chi connectivity index (χ3n) is 4.89. The maximum atomic E-state index is 5.25. The van der Waals surface area contributed by atoms with Gasteiger partial charge in [-0.2, -0.15) is 0 Å². The van der Waals surface area contributed by atoms with Crippen LogP contribution < -0.4 is 5.32 Å². The van der Waals surface area contributed by atoms with E-state index in [2.05, 4.69) is 30.4 Å². The lowest BCUT2D eigenvalue weighted by molar-refractivity contribution is 0.146. The highest BCUT2D eigenvalue weighted by Gasteiger charge is 2.45. The molecule has 0 aromatic heterocycles. The maximum Gasteiger partial charge on any atom is 0.0713 e. The Hall–Kier alpha value is -0.860. The second kappa shape index (κ2) is 4.67. The minimum absolute atomic E-state index is 0.478. The van der Waals surface area contributed by atoms with Crippen molar-refractivity contribution in [3.05, 3.63) is 34.9 Å². The molecule has 2 nitrogen and oxygen atoms in total. The Bertz CT molecular complexity index is 443. The Kier molecular flexibility index (Phi) is 3.16. The molecule has 1 N–H and O–H groups in total. The van der Waals surface area contributed by atoms with Gasteiger partial charge in [0.15, 0.2) is 0 Å². The van der Waals surface area contributed by atoms with Gasteiger partial charge in [-0.3, -0.25) is 0 Å². The summed E-state index contributed by atoms with van der Waals surface area (Å²) >= 11 is 0. The summed E-state index contributed by atoms with van der Waals surface area (Å²) in [7, 11) is 1.77. The van der Waals surface area contributed by atoms with Gasteiger partial charge in [0.2, 0.25) is 0 Å². The highest BCUT2D eigenvalue weighted by Crippen LogP contribution is 2.52. The van der Waals surface area contributed by atoms with Crippen molar-refractivity contribution in [2.45, 2.75) is 45.3 Å². The number of piperidine rings is 1. The summed E-state index contributed by atoms with van der Waals surface area (Å²) in [5.41, 5.74) is 4.87. The molecule has 0 spiro atoms. The molecule has 2 atom stereocenters. The van der Waals surface area contributed by atoms with Crippen molar-refractivity contribution < 1.29 is 4.74 Å². The Morgan fingerprint density at radius 1 is 1.44 bits per heavy atom. The standard InChI is InChI=1S/C16H23NO/c1-3-16-7-4-8-17-15(16)14-9-12(11-18-2)5-6-13(14)10-16/h5-6,9,15,17H,3-4,7-8,10-11H2,1-2H3/t15-,16+/m0/s1. The summed E-state index contributed by atoms with van der Waals surface area (Å²) in [6.45, 7) is 4.24. The van der Waals surface area contributed by atoms with Crippen molar-refractivity contribution in [2.75, 3.05) is 13.7 Å². The van der Waals surface area contributed by atoms with Gasteiger partial charge in [0.25, 0.3) is 0 Å². The fourth-order valence-electron chi connectivity index (χ4n) is 3.89. The average molecular weight is 245 g/mol. The van der Waals surface area contributed by atoms with Crippen LogP contribution in [-0.4, -0.2) is 13.7 Å². The summed E-state index contributed by atoms with van der Waals surface area (Å²) in [4.78, 5) is 0. The van der Waals surface area contributed by atoms with E-state index in [4.69, 9.17) is 4.74 Å². The SMILES string of the molecule is CC[C@]12CCCN[C@H]1c1cc(COC)ccc1C2. The predicted octanol–water partition coefficient (Wildman–Crippen LogP) is 3.21.